The third kappa shape index (κ3) is 3.46. The van der Waals surface area contributed by atoms with Gasteiger partial charge in [0.15, 0.2) is 5.69 Å². The number of rotatable bonds is 5. The second kappa shape index (κ2) is 6.44. The zero-order valence-electron chi connectivity index (χ0n) is 12.7. The van der Waals surface area contributed by atoms with Crippen molar-refractivity contribution >= 4 is 17.3 Å². The number of hydrogen-bond acceptors (Lipinski definition) is 5. The predicted molar refractivity (Wildman–Crippen MR) is 80.8 cm³/mol. The maximum absolute atomic E-state index is 13.0. The number of fused-ring (bicyclic) bond motifs is 1. The molecule has 1 aromatic carbocycles. The molecule has 24 heavy (non-hydrogen) atoms. The van der Waals surface area contributed by atoms with Crippen molar-refractivity contribution in [2.75, 3.05) is 11.9 Å². The summed E-state index contributed by atoms with van der Waals surface area (Å²) >= 11 is 0. The molecule has 3 rings (SSSR count). The van der Waals surface area contributed by atoms with Crippen LogP contribution in [0.1, 0.15) is 18.2 Å². The molecule has 1 N–H and O–H groups in total. The molecule has 0 saturated heterocycles. The fourth-order valence-corrected chi connectivity index (χ4v) is 2.10. The Kier molecular flexibility index (Phi) is 4.34. The van der Waals surface area contributed by atoms with E-state index in [9.17, 15) is 13.2 Å². The molecule has 126 valence electrons. The summed E-state index contributed by atoms with van der Waals surface area (Å²) in [6.07, 6.45) is -3.41. The summed E-state index contributed by atoms with van der Waals surface area (Å²) in [5.74, 6) is 0.00248. The number of aromatic nitrogens is 4. The molecule has 0 aliphatic carbocycles. The monoisotopic (exact) mass is 337 g/mol. The van der Waals surface area contributed by atoms with Crippen molar-refractivity contribution in [2.45, 2.75) is 19.7 Å². The smallest absolute Gasteiger partial charge is 0.377 e. The Hall–Kier alpha value is -2.68. The highest BCUT2D eigenvalue weighted by Gasteiger charge is 2.34. The Morgan fingerprint density at radius 1 is 1.21 bits per heavy atom. The van der Waals surface area contributed by atoms with E-state index < -0.39 is 11.9 Å². The Morgan fingerprint density at radius 2 is 1.96 bits per heavy atom. The Bertz CT molecular complexity index is 829. The minimum Gasteiger partial charge on any atom is -0.377 e. The first-order valence-electron chi connectivity index (χ1n) is 7.19. The lowest BCUT2D eigenvalue weighted by Crippen LogP contribution is -2.12. The van der Waals surface area contributed by atoms with Gasteiger partial charge < -0.3 is 10.1 Å². The van der Waals surface area contributed by atoms with Gasteiger partial charge in [0.05, 0.1) is 6.61 Å². The summed E-state index contributed by atoms with van der Waals surface area (Å²) < 4.78 is 45.4. The normalized spacial score (nSPS) is 11.8. The van der Waals surface area contributed by atoms with Gasteiger partial charge in [0, 0.05) is 18.4 Å². The summed E-state index contributed by atoms with van der Waals surface area (Å²) in [5, 5.41) is 6.80. The first-order valence-corrected chi connectivity index (χ1v) is 7.19. The number of halogens is 3. The SMILES string of the molecule is CCOCc1ccc(Nc2cc(C(F)(F)F)nc3ncnn23)cc1. The lowest BCUT2D eigenvalue weighted by atomic mass is 10.2. The molecule has 0 fully saturated rings. The molecule has 0 spiro atoms. The van der Waals surface area contributed by atoms with Crippen molar-refractivity contribution in [2.24, 2.45) is 0 Å². The van der Waals surface area contributed by atoms with E-state index in [1.54, 1.807) is 12.1 Å². The number of benzene rings is 1. The average molecular weight is 337 g/mol. The highest BCUT2D eigenvalue weighted by molar-refractivity contribution is 5.59. The molecule has 0 saturated carbocycles. The van der Waals surface area contributed by atoms with Gasteiger partial charge in [-0.1, -0.05) is 12.1 Å². The molecule has 0 unspecified atom stereocenters. The van der Waals surface area contributed by atoms with Gasteiger partial charge in [0.2, 0.25) is 0 Å². The van der Waals surface area contributed by atoms with Crippen molar-refractivity contribution < 1.29 is 17.9 Å². The van der Waals surface area contributed by atoms with Crippen molar-refractivity contribution in [3.63, 3.8) is 0 Å². The van der Waals surface area contributed by atoms with Crippen LogP contribution in [0.5, 0.6) is 0 Å². The van der Waals surface area contributed by atoms with Gasteiger partial charge in [0.25, 0.3) is 5.78 Å². The summed E-state index contributed by atoms with van der Waals surface area (Å²) in [6.45, 7) is 3.00. The molecule has 2 aromatic heterocycles. The van der Waals surface area contributed by atoms with E-state index in [0.29, 0.717) is 18.9 Å². The van der Waals surface area contributed by atoms with Gasteiger partial charge in [-0.15, -0.1) is 0 Å². The third-order valence-corrected chi connectivity index (χ3v) is 3.24. The topological polar surface area (TPSA) is 64.3 Å². The van der Waals surface area contributed by atoms with E-state index >= 15 is 0 Å². The molecule has 2 heterocycles. The van der Waals surface area contributed by atoms with Crippen LogP contribution in [0.4, 0.5) is 24.7 Å². The fraction of sp³-hybridized carbons (Fsp3) is 0.267. The zero-order valence-corrected chi connectivity index (χ0v) is 12.7. The molecule has 0 amide bonds. The molecule has 9 heteroatoms. The van der Waals surface area contributed by atoms with E-state index in [0.717, 1.165) is 18.0 Å². The minimum absolute atomic E-state index is 0.125. The van der Waals surface area contributed by atoms with Crippen molar-refractivity contribution in [3.8, 4) is 0 Å². The van der Waals surface area contributed by atoms with Gasteiger partial charge in [0.1, 0.15) is 12.1 Å². The lowest BCUT2D eigenvalue weighted by molar-refractivity contribution is -0.141. The van der Waals surface area contributed by atoms with Crippen LogP contribution in [0.3, 0.4) is 0 Å². The van der Waals surface area contributed by atoms with Crippen LogP contribution in [-0.2, 0) is 17.5 Å². The summed E-state index contributed by atoms with van der Waals surface area (Å²) in [4.78, 5) is 7.19. The second-order valence-electron chi connectivity index (χ2n) is 4.96. The second-order valence-corrected chi connectivity index (χ2v) is 4.96. The van der Waals surface area contributed by atoms with E-state index in [-0.39, 0.29) is 11.6 Å². The van der Waals surface area contributed by atoms with Crippen LogP contribution in [0.25, 0.3) is 5.78 Å². The van der Waals surface area contributed by atoms with E-state index in [4.69, 9.17) is 4.74 Å². The summed E-state index contributed by atoms with van der Waals surface area (Å²) in [6, 6.07) is 8.08. The maximum atomic E-state index is 13.0. The van der Waals surface area contributed by atoms with Crippen LogP contribution in [0.15, 0.2) is 36.7 Å². The Labute approximate surface area is 135 Å². The first kappa shape index (κ1) is 16.2. The molecule has 6 nitrogen and oxygen atoms in total. The van der Waals surface area contributed by atoms with Gasteiger partial charge in [-0.2, -0.15) is 27.8 Å². The summed E-state index contributed by atoms with van der Waals surface area (Å²) in [5.41, 5.74) is 0.559. The number of nitrogens with one attached hydrogen (secondary N) is 1. The number of nitrogens with zero attached hydrogens (tertiary/aromatic N) is 4. The van der Waals surface area contributed by atoms with Gasteiger partial charge in [-0.3, -0.25) is 0 Å². The predicted octanol–water partition coefficient (Wildman–Crippen LogP) is 3.42. The van der Waals surface area contributed by atoms with Gasteiger partial charge >= 0.3 is 6.18 Å². The Balaban J connectivity index is 1.90. The van der Waals surface area contributed by atoms with Crippen LogP contribution in [0, 0.1) is 0 Å². The van der Waals surface area contributed by atoms with E-state index in [1.165, 1.54) is 4.52 Å². The zero-order chi connectivity index (χ0) is 17.2. The molecule has 0 aliphatic heterocycles. The average Bonchev–Trinajstić information content (AvgIpc) is 3.02. The molecule has 0 atom stereocenters. The summed E-state index contributed by atoms with van der Waals surface area (Å²) in [7, 11) is 0. The largest absolute Gasteiger partial charge is 0.433 e. The number of anilines is 2. The van der Waals surface area contributed by atoms with Crippen LogP contribution >= 0.6 is 0 Å². The maximum Gasteiger partial charge on any atom is 0.433 e. The standard InChI is InChI=1S/C15H14F3N5O/c1-2-24-8-10-3-5-11(6-4-10)21-13-7-12(15(16,17)18)22-14-19-9-20-23(13)14/h3-7,9,21H,2,8H2,1H3. The quantitative estimate of drug-likeness (QED) is 0.773. The van der Waals surface area contributed by atoms with Crippen molar-refractivity contribution in [1.29, 1.82) is 0 Å². The van der Waals surface area contributed by atoms with Crippen LogP contribution < -0.4 is 5.32 Å². The number of ether oxygens (including phenoxy) is 1. The minimum atomic E-state index is -4.56. The molecule has 0 bridgehead atoms. The lowest BCUT2D eigenvalue weighted by Gasteiger charge is -2.12. The van der Waals surface area contributed by atoms with Crippen LogP contribution in [0.2, 0.25) is 0 Å². The molecule has 3 aromatic rings. The van der Waals surface area contributed by atoms with Gasteiger partial charge in [-0.25, -0.2) is 4.98 Å². The van der Waals surface area contributed by atoms with Gasteiger partial charge in [-0.05, 0) is 24.6 Å². The first-order chi connectivity index (χ1) is 11.5. The molecule has 0 radical (unpaired) electrons. The highest BCUT2D eigenvalue weighted by Crippen LogP contribution is 2.30. The fourth-order valence-electron chi connectivity index (χ4n) is 2.10. The number of hydrogen-bond donors (Lipinski definition) is 1. The van der Waals surface area contributed by atoms with Crippen molar-refractivity contribution in [3.05, 3.63) is 47.9 Å². The van der Waals surface area contributed by atoms with E-state index in [2.05, 4.69) is 20.4 Å². The third-order valence-electron chi connectivity index (χ3n) is 3.24. The Morgan fingerprint density at radius 3 is 2.62 bits per heavy atom. The molecule has 0 aliphatic rings. The van der Waals surface area contributed by atoms with Crippen LogP contribution in [-0.4, -0.2) is 26.2 Å². The molecular weight excluding hydrogens is 323 g/mol. The number of alkyl halides is 3. The highest BCUT2D eigenvalue weighted by atomic mass is 19.4. The van der Waals surface area contributed by atoms with E-state index in [1.807, 2.05) is 19.1 Å². The molecular formula is C15H14F3N5O. The van der Waals surface area contributed by atoms with Crippen molar-refractivity contribution in [1.82, 2.24) is 19.6 Å².